The number of hydrogen-bond acceptors (Lipinski definition) is 8. The molecule has 0 spiro atoms. The van der Waals surface area contributed by atoms with Gasteiger partial charge in [-0.2, -0.15) is 5.26 Å². The van der Waals surface area contributed by atoms with Crippen LogP contribution in [0.15, 0.2) is 77.4 Å². The first-order valence-corrected chi connectivity index (χ1v) is 13.4. The number of ether oxygens (including phenoxy) is 2. The van der Waals surface area contributed by atoms with Crippen LogP contribution >= 0.6 is 0 Å². The highest BCUT2D eigenvalue weighted by molar-refractivity contribution is 5.98. The maximum Gasteiger partial charge on any atom is 0.335 e. The Hall–Kier alpha value is -4.95. The van der Waals surface area contributed by atoms with Crippen LogP contribution in [-0.2, 0) is 16.1 Å². The molecule has 4 aromatic rings. The Morgan fingerprint density at radius 3 is 2.49 bits per heavy atom. The molecule has 0 aliphatic carbocycles. The van der Waals surface area contributed by atoms with Crippen molar-refractivity contribution in [1.82, 2.24) is 24.0 Å². The van der Waals surface area contributed by atoms with E-state index in [1.54, 1.807) is 49.1 Å². The van der Waals surface area contributed by atoms with Gasteiger partial charge in [-0.15, -0.1) is 0 Å². The number of anilines is 1. The maximum atomic E-state index is 13.8. The number of hydrogen-bond donors (Lipinski definition) is 1. The fourth-order valence-corrected chi connectivity index (χ4v) is 4.96. The zero-order valence-corrected chi connectivity index (χ0v) is 23.2. The summed E-state index contributed by atoms with van der Waals surface area (Å²) >= 11 is 0. The number of nitrogen functional groups attached to an aromatic ring is 1. The van der Waals surface area contributed by atoms with Crippen molar-refractivity contribution in [2.24, 2.45) is 0 Å². The van der Waals surface area contributed by atoms with Gasteiger partial charge in [0.2, 0.25) is 0 Å². The number of fused-ring (bicyclic) bond motifs is 1. The maximum absolute atomic E-state index is 13.8. The molecule has 11 heteroatoms. The number of carbonyl (C=O) groups is 1. The van der Waals surface area contributed by atoms with E-state index in [0.29, 0.717) is 47.9 Å². The van der Waals surface area contributed by atoms with Gasteiger partial charge in [0.15, 0.2) is 11.5 Å². The van der Waals surface area contributed by atoms with E-state index < -0.39 is 11.5 Å². The number of likely N-dealkylation sites (tertiary alicyclic amines) is 1. The Kier molecular flexibility index (Phi) is 7.59. The molecule has 0 bridgehead atoms. The Balaban J connectivity index is 1.44. The van der Waals surface area contributed by atoms with Crippen LogP contribution in [0.3, 0.4) is 0 Å². The van der Waals surface area contributed by atoms with E-state index in [4.69, 9.17) is 15.2 Å². The SMILES string of the molecule is CCOC(C)(C)C=C(C#N)C(=O)N1CC[C@H]1Cn1c(=O)n(-c2ccc(Oc3ccccc3)cc2)c2c(N)ncnc21. The molecule has 1 saturated heterocycles. The van der Waals surface area contributed by atoms with Crippen molar-refractivity contribution in [2.75, 3.05) is 18.9 Å². The molecule has 0 saturated carbocycles. The molecule has 1 aliphatic rings. The van der Waals surface area contributed by atoms with E-state index >= 15 is 0 Å². The molecule has 1 atom stereocenters. The van der Waals surface area contributed by atoms with Gasteiger partial charge in [-0.3, -0.25) is 13.9 Å². The van der Waals surface area contributed by atoms with Crippen LogP contribution in [0, 0.1) is 11.3 Å². The molecule has 41 heavy (non-hydrogen) atoms. The van der Waals surface area contributed by atoms with Crippen LogP contribution in [0.25, 0.3) is 16.9 Å². The zero-order valence-electron chi connectivity index (χ0n) is 23.2. The molecule has 0 unspecified atom stereocenters. The van der Waals surface area contributed by atoms with Crippen LogP contribution in [0.5, 0.6) is 11.5 Å². The fourth-order valence-electron chi connectivity index (χ4n) is 4.96. The van der Waals surface area contributed by atoms with E-state index in [-0.39, 0.29) is 29.7 Å². The van der Waals surface area contributed by atoms with E-state index in [9.17, 15) is 14.9 Å². The van der Waals surface area contributed by atoms with Gasteiger partial charge >= 0.3 is 5.69 Å². The minimum Gasteiger partial charge on any atom is -0.457 e. The first kappa shape index (κ1) is 27.6. The number of nitrogens with two attached hydrogens (primary N) is 1. The van der Waals surface area contributed by atoms with Crippen molar-refractivity contribution in [3.8, 4) is 23.3 Å². The van der Waals surface area contributed by atoms with Crippen LogP contribution in [0.1, 0.15) is 27.2 Å². The molecule has 2 aromatic heterocycles. The average molecular weight is 554 g/mol. The zero-order chi connectivity index (χ0) is 29.1. The Bertz CT molecular complexity index is 1700. The molecule has 0 radical (unpaired) electrons. The minimum absolute atomic E-state index is 0.00676. The molecular formula is C30H31N7O4. The number of aromatic nitrogens is 4. The number of nitriles is 1. The Morgan fingerprint density at radius 2 is 1.85 bits per heavy atom. The third-order valence-electron chi connectivity index (χ3n) is 6.96. The first-order chi connectivity index (χ1) is 19.7. The molecule has 2 aromatic carbocycles. The highest BCUT2D eigenvalue weighted by Gasteiger charge is 2.36. The molecule has 210 valence electrons. The van der Waals surface area contributed by atoms with Crippen molar-refractivity contribution in [3.05, 3.63) is 83.1 Å². The third kappa shape index (κ3) is 5.55. The van der Waals surface area contributed by atoms with Gasteiger partial charge in [0.25, 0.3) is 5.91 Å². The summed E-state index contributed by atoms with van der Waals surface area (Å²) in [6.07, 6.45) is 3.53. The molecule has 1 amide bonds. The summed E-state index contributed by atoms with van der Waals surface area (Å²) < 4.78 is 14.5. The lowest BCUT2D eigenvalue weighted by molar-refractivity contribution is -0.134. The second-order valence-electron chi connectivity index (χ2n) is 10.2. The van der Waals surface area contributed by atoms with Gasteiger partial charge in [-0.05, 0) is 69.7 Å². The van der Waals surface area contributed by atoms with Crippen LogP contribution in [0.4, 0.5) is 5.82 Å². The fraction of sp³-hybridized carbons (Fsp3) is 0.300. The average Bonchev–Trinajstić information content (AvgIpc) is 3.22. The molecule has 11 nitrogen and oxygen atoms in total. The predicted octanol–water partition coefficient (Wildman–Crippen LogP) is 3.82. The normalized spacial score (nSPS) is 15.4. The van der Waals surface area contributed by atoms with Crippen molar-refractivity contribution in [2.45, 2.75) is 45.4 Å². The number of imidazole rings is 1. The van der Waals surface area contributed by atoms with Crippen molar-refractivity contribution >= 4 is 22.9 Å². The number of nitrogens with zero attached hydrogens (tertiary/aromatic N) is 6. The largest absolute Gasteiger partial charge is 0.457 e. The Morgan fingerprint density at radius 1 is 1.15 bits per heavy atom. The summed E-state index contributed by atoms with van der Waals surface area (Å²) in [5, 5.41) is 9.70. The lowest BCUT2D eigenvalue weighted by Crippen LogP contribution is -2.54. The molecule has 1 aliphatic heterocycles. The second-order valence-corrected chi connectivity index (χ2v) is 10.2. The molecule has 5 rings (SSSR count). The van der Waals surface area contributed by atoms with Gasteiger partial charge in [0, 0.05) is 19.7 Å². The summed E-state index contributed by atoms with van der Waals surface area (Å²) in [7, 11) is 0. The van der Waals surface area contributed by atoms with Crippen molar-refractivity contribution < 1.29 is 14.3 Å². The molecule has 1 fully saturated rings. The van der Waals surface area contributed by atoms with E-state index in [2.05, 4.69) is 9.97 Å². The molecular weight excluding hydrogens is 522 g/mol. The van der Waals surface area contributed by atoms with Gasteiger partial charge in [0.1, 0.15) is 35.0 Å². The van der Waals surface area contributed by atoms with Crippen LogP contribution in [0.2, 0.25) is 0 Å². The number of carbonyl (C=O) groups excluding carboxylic acids is 1. The lowest BCUT2D eigenvalue weighted by Gasteiger charge is -2.41. The highest BCUT2D eigenvalue weighted by atomic mass is 16.5. The Labute approximate surface area is 237 Å². The lowest BCUT2D eigenvalue weighted by atomic mass is 9.99. The standard InChI is InChI=1S/C30H31N7O4/c1-4-40-30(2,3)16-20(17-31)28(38)35-15-14-22(35)18-36-27-25(26(32)33-19-34-27)37(29(36)39)21-10-12-24(13-11-21)41-23-8-6-5-7-9-23/h5-13,16,19,22H,4,14-15,18H2,1-3H3,(H2,32,33,34)/t22-/m0/s1. The topological polar surface area (TPSA) is 141 Å². The van der Waals surface area contributed by atoms with E-state index in [1.165, 1.54) is 15.5 Å². The number of benzene rings is 2. The van der Waals surface area contributed by atoms with E-state index in [0.717, 1.165) is 0 Å². The summed E-state index contributed by atoms with van der Waals surface area (Å²) in [5.74, 6) is 1.07. The van der Waals surface area contributed by atoms with Gasteiger partial charge < -0.3 is 20.1 Å². The van der Waals surface area contributed by atoms with Crippen molar-refractivity contribution in [1.29, 1.82) is 5.26 Å². The quantitative estimate of drug-likeness (QED) is 0.244. The highest BCUT2D eigenvalue weighted by Crippen LogP contribution is 2.27. The predicted molar refractivity (Wildman–Crippen MR) is 154 cm³/mol. The smallest absolute Gasteiger partial charge is 0.335 e. The summed E-state index contributed by atoms with van der Waals surface area (Å²) in [5.41, 5.74) is 6.41. The number of rotatable bonds is 9. The summed E-state index contributed by atoms with van der Waals surface area (Å²) in [6.45, 7) is 6.56. The van der Waals surface area contributed by atoms with Gasteiger partial charge in [0.05, 0.1) is 17.3 Å². The van der Waals surface area contributed by atoms with Crippen LogP contribution in [-0.4, -0.2) is 54.7 Å². The van der Waals surface area contributed by atoms with E-state index in [1.807, 2.05) is 43.3 Å². The van der Waals surface area contributed by atoms with Crippen LogP contribution < -0.4 is 16.2 Å². The van der Waals surface area contributed by atoms with Gasteiger partial charge in [-0.25, -0.2) is 14.8 Å². The minimum atomic E-state index is -0.768. The van der Waals surface area contributed by atoms with Crippen molar-refractivity contribution in [3.63, 3.8) is 0 Å². The summed E-state index contributed by atoms with van der Waals surface area (Å²) in [6, 6.07) is 18.2. The second kappa shape index (κ2) is 11.3. The summed E-state index contributed by atoms with van der Waals surface area (Å²) in [4.78, 5) is 37.1. The van der Waals surface area contributed by atoms with Gasteiger partial charge in [-0.1, -0.05) is 18.2 Å². The molecule has 2 N–H and O–H groups in total. The monoisotopic (exact) mass is 553 g/mol. The number of para-hydroxylation sites is 1. The third-order valence-corrected chi connectivity index (χ3v) is 6.96. The number of amides is 1. The first-order valence-electron chi connectivity index (χ1n) is 13.4. The molecule has 3 heterocycles.